The summed E-state index contributed by atoms with van der Waals surface area (Å²) in [6.07, 6.45) is 10.5. The molecular weight excluding hydrogens is 310 g/mol. The summed E-state index contributed by atoms with van der Waals surface area (Å²) in [5.74, 6) is 1.35. The van der Waals surface area contributed by atoms with Gasteiger partial charge in [-0.25, -0.2) is 4.98 Å². The van der Waals surface area contributed by atoms with Gasteiger partial charge in [0.05, 0.1) is 11.4 Å². The molecular formula is C21H25N3O. The van der Waals surface area contributed by atoms with E-state index in [1.165, 1.54) is 12.8 Å². The van der Waals surface area contributed by atoms with Crippen molar-refractivity contribution in [2.75, 3.05) is 5.73 Å². The maximum atomic E-state index is 12.8. The lowest BCUT2D eigenvalue weighted by atomic mass is 9.94. The molecule has 0 aliphatic heterocycles. The molecule has 0 aromatic carbocycles. The van der Waals surface area contributed by atoms with E-state index in [1.807, 2.05) is 38.1 Å². The molecule has 1 aliphatic rings. The summed E-state index contributed by atoms with van der Waals surface area (Å²) in [6, 6.07) is 5.70. The molecule has 2 N–H and O–H groups in total. The fourth-order valence-electron chi connectivity index (χ4n) is 3.05. The maximum Gasteiger partial charge on any atom is 0.165 e. The summed E-state index contributed by atoms with van der Waals surface area (Å²) in [4.78, 5) is 21.8. The Balaban J connectivity index is 2.12. The molecule has 0 amide bonds. The largest absolute Gasteiger partial charge is 0.384 e. The van der Waals surface area contributed by atoms with E-state index in [0.717, 1.165) is 40.9 Å². The number of allylic oxidation sites excluding steroid dienone is 1. The predicted molar refractivity (Wildman–Crippen MR) is 102 cm³/mol. The van der Waals surface area contributed by atoms with Crippen molar-refractivity contribution in [2.45, 2.75) is 46.0 Å². The van der Waals surface area contributed by atoms with Crippen molar-refractivity contribution in [1.29, 1.82) is 0 Å². The highest BCUT2D eigenvalue weighted by Gasteiger charge is 2.26. The zero-order chi connectivity index (χ0) is 17.8. The van der Waals surface area contributed by atoms with E-state index in [1.54, 1.807) is 12.3 Å². The first-order valence-electron chi connectivity index (χ1n) is 9.04. The Morgan fingerprint density at radius 2 is 2.16 bits per heavy atom. The Kier molecular flexibility index (Phi) is 5.27. The average Bonchev–Trinajstić information content (AvgIpc) is 3.40. The van der Waals surface area contributed by atoms with Crippen LogP contribution < -0.4 is 5.73 Å². The fourth-order valence-corrected chi connectivity index (χ4v) is 3.05. The lowest BCUT2D eigenvalue weighted by molar-refractivity contribution is 0.0980. The Hall–Kier alpha value is -2.49. The lowest BCUT2D eigenvalue weighted by Gasteiger charge is -2.14. The number of anilines is 1. The van der Waals surface area contributed by atoms with Crippen molar-refractivity contribution in [1.82, 2.24) is 9.97 Å². The van der Waals surface area contributed by atoms with E-state index in [4.69, 9.17) is 10.7 Å². The molecule has 0 radical (unpaired) electrons. The van der Waals surface area contributed by atoms with Crippen LogP contribution in [0.5, 0.6) is 0 Å². The second-order valence-electron chi connectivity index (χ2n) is 6.71. The molecule has 1 fully saturated rings. The molecule has 130 valence electrons. The number of nitrogens with two attached hydrogens (primary N) is 1. The first-order chi connectivity index (χ1) is 12.1. The number of pyridine rings is 2. The van der Waals surface area contributed by atoms with Gasteiger partial charge in [0.25, 0.3) is 0 Å². The molecule has 25 heavy (non-hydrogen) atoms. The van der Waals surface area contributed by atoms with Crippen molar-refractivity contribution in [2.24, 2.45) is 5.92 Å². The molecule has 0 bridgehead atoms. The van der Waals surface area contributed by atoms with Crippen molar-refractivity contribution in [3.8, 4) is 11.3 Å². The molecule has 0 atom stereocenters. The van der Waals surface area contributed by atoms with Crippen LogP contribution in [0, 0.1) is 5.92 Å². The molecule has 0 unspecified atom stereocenters. The minimum Gasteiger partial charge on any atom is -0.384 e. The number of rotatable bonds is 7. The molecule has 2 aromatic rings. The molecule has 1 aliphatic carbocycles. The number of nitrogen functional groups attached to an aromatic ring is 1. The van der Waals surface area contributed by atoms with Crippen LogP contribution in [0.25, 0.3) is 17.3 Å². The van der Waals surface area contributed by atoms with Gasteiger partial charge in [-0.3, -0.25) is 9.78 Å². The van der Waals surface area contributed by atoms with Crippen molar-refractivity contribution >= 4 is 17.7 Å². The Morgan fingerprint density at radius 1 is 1.36 bits per heavy atom. The van der Waals surface area contributed by atoms with E-state index in [-0.39, 0.29) is 5.78 Å². The number of ketones is 1. The van der Waals surface area contributed by atoms with Gasteiger partial charge in [-0.05, 0) is 62.3 Å². The van der Waals surface area contributed by atoms with E-state index in [9.17, 15) is 4.79 Å². The maximum absolute atomic E-state index is 12.8. The molecule has 0 saturated heterocycles. The third kappa shape index (κ3) is 4.13. The van der Waals surface area contributed by atoms with Gasteiger partial charge in [0, 0.05) is 23.7 Å². The minimum atomic E-state index is 0.195. The van der Waals surface area contributed by atoms with Gasteiger partial charge in [0.2, 0.25) is 0 Å². The summed E-state index contributed by atoms with van der Waals surface area (Å²) < 4.78 is 0. The summed E-state index contributed by atoms with van der Waals surface area (Å²) in [6.45, 7) is 4.01. The highest BCUT2D eigenvalue weighted by atomic mass is 16.1. The molecule has 0 spiro atoms. The molecule has 2 heterocycles. The topological polar surface area (TPSA) is 68.9 Å². The van der Waals surface area contributed by atoms with Crippen molar-refractivity contribution in [3.63, 3.8) is 0 Å². The number of hydrogen-bond acceptors (Lipinski definition) is 4. The molecule has 2 aromatic heterocycles. The number of carbonyl (C=O) groups excluding carboxylic acids is 1. The van der Waals surface area contributed by atoms with Gasteiger partial charge in [-0.2, -0.15) is 0 Å². The van der Waals surface area contributed by atoms with Crippen LogP contribution in [0.4, 0.5) is 5.82 Å². The lowest BCUT2D eigenvalue weighted by Crippen LogP contribution is -2.10. The summed E-state index contributed by atoms with van der Waals surface area (Å²) in [7, 11) is 0. The predicted octanol–water partition coefficient (Wildman–Crippen LogP) is 4.69. The van der Waals surface area contributed by atoms with E-state index < -0.39 is 0 Å². The normalized spacial score (nSPS) is 14.2. The second kappa shape index (κ2) is 7.60. The number of nitrogens with zero attached hydrogens (tertiary/aromatic N) is 2. The van der Waals surface area contributed by atoms with E-state index in [2.05, 4.69) is 4.98 Å². The fraction of sp³-hybridized carbons (Fsp3) is 0.381. The van der Waals surface area contributed by atoms with Gasteiger partial charge in [0.15, 0.2) is 5.78 Å². The SMILES string of the molecule is C/C=C\c1cc(-c2ccc(N)nc2)nc(CC2CC2)c1C(=O)CCC. The quantitative estimate of drug-likeness (QED) is 0.745. The third-order valence-corrected chi connectivity index (χ3v) is 4.49. The Morgan fingerprint density at radius 3 is 2.76 bits per heavy atom. The summed E-state index contributed by atoms with van der Waals surface area (Å²) in [5, 5.41) is 0. The van der Waals surface area contributed by atoms with Crippen LogP contribution >= 0.6 is 0 Å². The smallest absolute Gasteiger partial charge is 0.165 e. The first-order valence-corrected chi connectivity index (χ1v) is 9.04. The van der Waals surface area contributed by atoms with Gasteiger partial charge in [-0.15, -0.1) is 0 Å². The number of Topliss-reactive ketones (excluding diaryl/α,β-unsaturated/α-hetero) is 1. The minimum absolute atomic E-state index is 0.195. The third-order valence-electron chi connectivity index (χ3n) is 4.49. The van der Waals surface area contributed by atoms with Crippen LogP contribution in [-0.4, -0.2) is 15.8 Å². The zero-order valence-corrected chi connectivity index (χ0v) is 15.0. The molecule has 3 rings (SSSR count). The van der Waals surface area contributed by atoms with Gasteiger partial charge < -0.3 is 5.73 Å². The van der Waals surface area contributed by atoms with Gasteiger partial charge in [-0.1, -0.05) is 19.1 Å². The van der Waals surface area contributed by atoms with E-state index in [0.29, 0.717) is 18.2 Å². The number of aromatic nitrogens is 2. The zero-order valence-electron chi connectivity index (χ0n) is 15.0. The van der Waals surface area contributed by atoms with Crippen molar-refractivity contribution in [3.05, 3.63) is 47.3 Å². The highest BCUT2D eigenvalue weighted by molar-refractivity contribution is 6.01. The van der Waals surface area contributed by atoms with Gasteiger partial charge >= 0.3 is 0 Å². The second-order valence-corrected chi connectivity index (χ2v) is 6.71. The number of hydrogen-bond donors (Lipinski definition) is 1. The number of carbonyl (C=O) groups is 1. The molecule has 1 saturated carbocycles. The van der Waals surface area contributed by atoms with Crippen LogP contribution in [0.2, 0.25) is 0 Å². The first kappa shape index (κ1) is 17.3. The summed E-state index contributed by atoms with van der Waals surface area (Å²) in [5.41, 5.74) is 10.2. The Labute approximate surface area is 149 Å². The van der Waals surface area contributed by atoms with Gasteiger partial charge in [0.1, 0.15) is 5.82 Å². The van der Waals surface area contributed by atoms with Crippen LogP contribution in [0.1, 0.15) is 61.1 Å². The Bertz CT molecular complexity index is 790. The molecule has 4 heteroatoms. The van der Waals surface area contributed by atoms with Crippen LogP contribution in [-0.2, 0) is 6.42 Å². The molecule has 4 nitrogen and oxygen atoms in total. The van der Waals surface area contributed by atoms with E-state index >= 15 is 0 Å². The van der Waals surface area contributed by atoms with Crippen molar-refractivity contribution < 1.29 is 4.79 Å². The standard InChI is InChI=1S/C21H25N3O/c1-3-5-15-12-17(16-9-10-20(22)23-13-16)24-18(11-14-7-8-14)21(15)19(25)6-4-2/h3,5,9-10,12-14H,4,6-8,11H2,1-2H3,(H2,22,23)/b5-3-. The monoisotopic (exact) mass is 335 g/mol. The average molecular weight is 335 g/mol. The van der Waals surface area contributed by atoms with Crippen LogP contribution in [0.3, 0.4) is 0 Å². The van der Waals surface area contributed by atoms with Crippen LogP contribution in [0.15, 0.2) is 30.5 Å². The highest BCUT2D eigenvalue weighted by Crippen LogP contribution is 2.35. The summed E-state index contributed by atoms with van der Waals surface area (Å²) >= 11 is 0.